The Morgan fingerprint density at radius 2 is 1.34 bits per heavy atom. The molecule has 0 saturated heterocycles. The molecule has 1 atom stereocenters. The number of allylic oxidation sites excluding steroid dienone is 8. The summed E-state index contributed by atoms with van der Waals surface area (Å²) in [6, 6.07) is 10.2. The Labute approximate surface area is 430 Å². The molecule has 2 aliphatic heterocycles. The molecule has 0 saturated carbocycles. The first-order valence-electron chi connectivity index (χ1n) is 23.2. The Kier molecular flexibility index (Phi) is 17.6. The number of carbonyl (C=O) groups is 2. The van der Waals surface area contributed by atoms with Gasteiger partial charge in [0.25, 0.3) is 5.91 Å². The van der Waals surface area contributed by atoms with Gasteiger partial charge in [-0.3, -0.25) is 9.59 Å². The van der Waals surface area contributed by atoms with Crippen LogP contribution in [0.4, 0.5) is 11.4 Å². The van der Waals surface area contributed by atoms with Crippen LogP contribution < -0.4 is 10.2 Å². The topological polar surface area (TPSA) is 320 Å². The maximum absolute atomic E-state index is 13.5. The summed E-state index contributed by atoms with van der Waals surface area (Å²) in [5.74, 6) is -2.29. The van der Waals surface area contributed by atoms with Crippen molar-refractivity contribution in [1.82, 2.24) is 5.32 Å². The molecule has 0 aromatic heterocycles. The van der Waals surface area contributed by atoms with Crippen molar-refractivity contribution in [3.8, 4) is 0 Å². The summed E-state index contributed by atoms with van der Waals surface area (Å²) < 4.78 is 160. The number of benzene rings is 4. The zero-order valence-electron chi connectivity index (χ0n) is 41.2. The zero-order chi connectivity index (χ0) is 54.6. The highest BCUT2D eigenvalue weighted by molar-refractivity contribution is 7.87. The minimum atomic E-state index is -5.35. The van der Waals surface area contributed by atoms with Gasteiger partial charge < -0.3 is 43.0 Å². The van der Waals surface area contributed by atoms with Gasteiger partial charge in [-0.15, -0.1) is 0 Å². The Morgan fingerprint density at radius 3 is 1.96 bits per heavy atom. The second-order valence-corrected chi connectivity index (χ2v) is 24.1. The maximum Gasteiger partial charge on any atom is 0.303 e. The number of carboxylic acid groups (broad SMARTS) is 1. The second-order valence-electron chi connectivity index (χ2n) is 18.5. The van der Waals surface area contributed by atoms with Gasteiger partial charge in [0.05, 0.1) is 43.4 Å². The summed E-state index contributed by atoms with van der Waals surface area (Å²) in [6.45, 7) is 6.59. The van der Waals surface area contributed by atoms with Crippen molar-refractivity contribution in [2.24, 2.45) is 0 Å². The largest absolute Gasteiger partial charge is 0.748 e. The Bertz CT molecular complexity index is 3510. The van der Waals surface area contributed by atoms with Crippen molar-refractivity contribution in [3.05, 3.63) is 113 Å². The van der Waals surface area contributed by atoms with Crippen LogP contribution in [0.15, 0.2) is 111 Å². The number of rotatable bonds is 24. The van der Waals surface area contributed by atoms with E-state index in [-0.39, 0.29) is 67.5 Å². The third kappa shape index (κ3) is 12.7. The monoisotopic (exact) mass is 1100 g/mol. The van der Waals surface area contributed by atoms with E-state index >= 15 is 0 Å². The van der Waals surface area contributed by atoms with Crippen LogP contribution >= 0.6 is 0 Å². The van der Waals surface area contributed by atoms with Crippen molar-refractivity contribution in [2.45, 2.75) is 84.8 Å². The van der Waals surface area contributed by atoms with E-state index in [1.807, 2.05) is 30.6 Å². The molecule has 4 aromatic rings. The fourth-order valence-corrected chi connectivity index (χ4v) is 12.3. The van der Waals surface area contributed by atoms with Crippen LogP contribution in [0.3, 0.4) is 0 Å². The standard InChI is InChI=1S/C50H59N3O17S4/c1-49(2)43(52(24-13-9-12-17-45(54)55)40-20-18-35-37(46(40)49)29-33(72(60,61)62)31-39(35)48(56)51-23-26-69-4)15-10-7-6-8-11-16-44-50(3,22-14-28-71(57,58)59)47-38-30-34(73(63,64)65)32-42(74(66,67)68)36(38)19-21-41(47)53(44)25-27-70-5/h6-8,10-11,15-16,18-21,29-32H,9,12-14,17,22-28H2,1-5H3,(H5-,51,54,55,56,57,58,59,60,61,62,63,64,65,66,67,68)/p-3. The first-order chi connectivity index (χ1) is 34.6. The number of ether oxygens (including phenoxy) is 2. The maximum atomic E-state index is 13.5. The third-order valence-corrected chi connectivity index (χ3v) is 16.5. The predicted molar refractivity (Wildman–Crippen MR) is 271 cm³/mol. The third-order valence-electron chi connectivity index (χ3n) is 13.2. The molecule has 1 unspecified atom stereocenters. The van der Waals surface area contributed by atoms with E-state index in [1.165, 1.54) is 32.4 Å². The van der Waals surface area contributed by atoms with Crippen LogP contribution in [-0.2, 0) is 65.6 Å². The molecular weight excluding hydrogens is 1040 g/mol. The normalized spacial score (nSPS) is 17.7. The molecule has 2 aliphatic rings. The lowest BCUT2D eigenvalue weighted by Crippen LogP contribution is -2.31. The quantitative estimate of drug-likeness (QED) is 0.0384. The summed E-state index contributed by atoms with van der Waals surface area (Å²) in [7, 11) is -17.5. The molecule has 0 fully saturated rings. The van der Waals surface area contributed by atoms with Crippen LogP contribution in [0.25, 0.3) is 21.5 Å². The van der Waals surface area contributed by atoms with E-state index in [0.717, 1.165) is 17.8 Å². The lowest BCUT2D eigenvalue weighted by Gasteiger charge is -2.31. The molecular formula is C50H56N3O17S4-3. The van der Waals surface area contributed by atoms with E-state index in [4.69, 9.17) is 9.47 Å². The Hall–Kier alpha value is -5.67. The van der Waals surface area contributed by atoms with E-state index in [0.29, 0.717) is 65.3 Å². The van der Waals surface area contributed by atoms with Gasteiger partial charge in [-0.25, -0.2) is 33.7 Å². The fraction of sp³-hybridized carbons (Fsp3) is 0.380. The van der Waals surface area contributed by atoms with Gasteiger partial charge in [0.1, 0.15) is 36.9 Å². The van der Waals surface area contributed by atoms with E-state index < -0.39 is 83.6 Å². The molecule has 74 heavy (non-hydrogen) atoms. The number of aliphatic carboxylic acids is 1. The van der Waals surface area contributed by atoms with Crippen LogP contribution in [0.2, 0.25) is 0 Å². The SMILES string of the molecule is COCCNC(=O)c1cc(S(=O)(=O)[O-])cc2c3c(ccc12)[N+](CCCCCC(=O)O)=C(/C=C/C=C/C=C/C=C1/N(CCOC)c2ccc4c(S(=O)(=O)[O-])cc(S(=O)(=O)[O-])cc4c2C1(C)CCCS(=O)(=O)[O-])C3(C)C. The summed E-state index contributed by atoms with van der Waals surface area (Å²) in [5, 5.41) is 12.5. The molecule has 24 heteroatoms. The molecule has 0 aliphatic carbocycles. The predicted octanol–water partition coefficient (Wildman–Crippen LogP) is 5.40. The molecule has 400 valence electrons. The van der Waals surface area contributed by atoms with E-state index in [1.54, 1.807) is 54.3 Å². The number of carboxylic acids is 1. The lowest BCUT2D eigenvalue weighted by molar-refractivity contribution is -0.438. The van der Waals surface area contributed by atoms with Gasteiger partial charge in [0.15, 0.2) is 5.71 Å². The van der Waals surface area contributed by atoms with Crippen LogP contribution in [0, 0.1) is 0 Å². The average molecular weight is 1100 g/mol. The lowest BCUT2D eigenvalue weighted by atomic mass is 9.75. The number of unbranched alkanes of at least 4 members (excludes halogenated alkanes) is 2. The van der Waals surface area contributed by atoms with Gasteiger partial charge in [0, 0.05) is 86.0 Å². The highest BCUT2D eigenvalue weighted by Gasteiger charge is 2.47. The molecule has 4 aromatic carbocycles. The average Bonchev–Trinajstić information content (AvgIpc) is 3.67. The Morgan fingerprint density at radius 1 is 0.716 bits per heavy atom. The number of hydrogen-bond acceptors (Lipinski definition) is 17. The highest BCUT2D eigenvalue weighted by atomic mass is 32.2. The van der Waals surface area contributed by atoms with Crippen LogP contribution in [0.1, 0.15) is 80.8 Å². The number of hydrogen-bond donors (Lipinski definition) is 2. The van der Waals surface area contributed by atoms with E-state index in [9.17, 15) is 66.6 Å². The first-order valence-corrected chi connectivity index (χ1v) is 29.0. The molecule has 6 rings (SSSR count). The number of methoxy groups -OCH3 is 2. The van der Waals surface area contributed by atoms with Gasteiger partial charge in [-0.1, -0.05) is 36.4 Å². The highest BCUT2D eigenvalue weighted by Crippen LogP contribution is 2.54. The van der Waals surface area contributed by atoms with Gasteiger partial charge in [-0.2, -0.15) is 4.58 Å². The summed E-state index contributed by atoms with van der Waals surface area (Å²) in [5.41, 5.74) is 1.14. The first kappa shape index (κ1) is 57.6. The number of amides is 1. The molecule has 20 nitrogen and oxygen atoms in total. The fourth-order valence-electron chi connectivity index (χ4n) is 9.94. The smallest absolute Gasteiger partial charge is 0.303 e. The van der Waals surface area contributed by atoms with Gasteiger partial charge >= 0.3 is 5.97 Å². The van der Waals surface area contributed by atoms with Crippen LogP contribution in [0.5, 0.6) is 0 Å². The van der Waals surface area contributed by atoms with Gasteiger partial charge in [0.2, 0.25) is 5.69 Å². The Balaban J connectivity index is 1.43. The van der Waals surface area contributed by atoms with Crippen molar-refractivity contribution >= 4 is 91.0 Å². The summed E-state index contributed by atoms with van der Waals surface area (Å²) >= 11 is 0. The number of fused-ring (bicyclic) bond motifs is 6. The van der Waals surface area contributed by atoms with Crippen molar-refractivity contribution in [3.63, 3.8) is 0 Å². The summed E-state index contributed by atoms with van der Waals surface area (Å²) in [4.78, 5) is 24.0. The van der Waals surface area contributed by atoms with Crippen molar-refractivity contribution < 1.29 is 80.6 Å². The molecule has 0 bridgehead atoms. The van der Waals surface area contributed by atoms with Gasteiger partial charge in [-0.05, 0) is 116 Å². The number of anilines is 1. The van der Waals surface area contributed by atoms with E-state index in [2.05, 4.69) is 5.32 Å². The zero-order valence-corrected chi connectivity index (χ0v) is 44.4. The van der Waals surface area contributed by atoms with Crippen molar-refractivity contribution in [1.29, 1.82) is 0 Å². The second kappa shape index (κ2) is 22.7. The van der Waals surface area contributed by atoms with Crippen LogP contribution in [-0.4, -0.2) is 132 Å². The molecule has 0 spiro atoms. The minimum Gasteiger partial charge on any atom is -0.748 e. The van der Waals surface area contributed by atoms with Crippen molar-refractivity contribution in [2.75, 3.05) is 57.7 Å². The number of carbonyl (C=O) groups excluding carboxylic acids is 1. The molecule has 0 radical (unpaired) electrons. The molecule has 2 heterocycles. The summed E-state index contributed by atoms with van der Waals surface area (Å²) in [6.07, 6.45) is 13.5. The molecule has 1 amide bonds. The number of nitrogens with one attached hydrogen (secondary N) is 1. The molecule has 2 N–H and O–H groups in total. The minimum absolute atomic E-state index is 0.00843. The number of nitrogens with zero attached hydrogens (tertiary/aromatic N) is 2.